The molecule has 3 N–H and O–H groups in total. The maximum atomic E-state index is 10.7. The van der Waals surface area contributed by atoms with E-state index in [0.29, 0.717) is 34.9 Å². The van der Waals surface area contributed by atoms with E-state index in [1.807, 2.05) is 12.1 Å². The number of ether oxygens (including phenoxy) is 1. The molecule has 0 atom stereocenters. The highest BCUT2D eigenvalue weighted by Crippen LogP contribution is 2.24. The van der Waals surface area contributed by atoms with Gasteiger partial charge in [0.05, 0.1) is 35.8 Å². The van der Waals surface area contributed by atoms with Gasteiger partial charge in [0, 0.05) is 5.56 Å². The number of hydrogen-bond donors (Lipinski definition) is 2. The maximum Gasteiger partial charge on any atom is 0.341 e. The Hall–Kier alpha value is -4.78. The highest BCUT2D eigenvalue weighted by atomic mass is 16.5. The molecule has 0 spiro atoms. The summed E-state index contributed by atoms with van der Waals surface area (Å²) in [7, 11) is 0. The molecule has 2 aromatic heterocycles. The molecule has 10 heteroatoms. The van der Waals surface area contributed by atoms with E-state index >= 15 is 0 Å². The first kappa shape index (κ1) is 20.5. The summed E-state index contributed by atoms with van der Waals surface area (Å²) in [5.74, 6) is -0.505. The molecule has 2 heterocycles. The molecule has 0 amide bonds. The number of nitrogen functional groups attached to an aromatic ring is 1. The van der Waals surface area contributed by atoms with E-state index in [1.54, 1.807) is 53.3 Å². The zero-order valence-corrected chi connectivity index (χ0v) is 16.7. The summed E-state index contributed by atoms with van der Waals surface area (Å²) in [5, 5.41) is 26.2. The number of carboxylic acid groups (broad SMARTS) is 1. The SMILES string of the molecule is N#Cc1cccc(-c2cc(-c3cn(Cc4cccc(OCC(=O)O)c4)nn3)nc(N)n2)c1. The van der Waals surface area contributed by atoms with Gasteiger partial charge in [0.2, 0.25) is 5.95 Å². The first-order chi connectivity index (χ1) is 15.5. The van der Waals surface area contributed by atoms with Crippen LogP contribution in [0.2, 0.25) is 0 Å². The number of rotatable bonds is 7. The van der Waals surface area contributed by atoms with Crippen molar-refractivity contribution in [1.82, 2.24) is 25.0 Å². The zero-order valence-electron chi connectivity index (χ0n) is 16.7. The Labute approximate surface area is 182 Å². The van der Waals surface area contributed by atoms with Gasteiger partial charge in [-0.25, -0.2) is 19.4 Å². The molecule has 158 valence electrons. The van der Waals surface area contributed by atoms with Crippen molar-refractivity contribution in [2.75, 3.05) is 12.3 Å². The van der Waals surface area contributed by atoms with Crippen molar-refractivity contribution in [3.63, 3.8) is 0 Å². The summed E-state index contributed by atoms with van der Waals surface area (Å²) >= 11 is 0. The van der Waals surface area contributed by atoms with E-state index in [0.717, 1.165) is 11.1 Å². The number of hydrogen-bond acceptors (Lipinski definition) is 8. The molecular weight excluding hydrogens is 410 g/mol. The van der Waals surface area contributed by atoms with Gasteiger partial charge in [-0.15, -0.1) is 5.10 Å². The van der Waals surface area contributed by atoms with E-state index in [2.05, 4.69) is 26.3 Å². The number of nitrogens with zero attached hydrogens (tertiary/aromatic N) is 6. The molecule has 0 fully saturated rings. The third kappa shape index (κ3) is 4.85. The number of aromatic nitrogens is 5. The third-order valence-electron chi connectivity index (χ3n) is 4.44. The smallest absolute Gasteiger partial charge is 0.341 e. The normalized spacial score (nSPS) is 10.5. The van der Waals surface area contributed by atoms with Crippen LogP contribution in [0, 0.1) is 11.3 Å². The summed E-state index contributed by atoms with van der Waals surface area (Å²) in [6.45, 7) is -0.0133. The average molecular weight is 427 g/mol. The number of anilines is 1. The summed E-state index contributed by atoms with van der Waals surface area (Å²) in [6.07, 6.45) is 1.72. The van der Waals surface area contributed by atoms with Crippen LogP contribution in [-0.2, 0) is 11.3 Å². The summed E-state index contributed by atoms with van der Waals surface area (Å²) in [6, 6.07) is 18.0. The van der Waals surface area contributed by atoms with Crippen LogP contribution >= 0.6 is 0 Å². The fraction of sp³-hybridized carbons (Fsp3) is 0.0909. The first-order valence-electron chi connectivity index (χ1n) is 9.49. The highest BCUT2D eigenvalue weighted by molar-refractivity contribution is 5.69. The monoisotopic (exact) mass is 427 g/mol. The lowest BCUT2D eigenvalue weighted by molar-refractivity contribution is -0.139. The van der Waals surface area contributed by atoms with Crippen molar-refractivity contribution in [2.24, 2.45) is 0 Å². The average Bonchev–Trinajstić information content (AvgIpc) is 3.26. The van der Waals surface area contributed by atoms with Crippen molar-refractivity contribution in [1.29, 1.82) is 5.26 Å². The van der Waals surface area contributed by atoms with Gasteiger partial charge in [0.15, 0.2) is 6.61 Å². The van der Waals surface area contributed by atoms with Crippen LogP contribution in [-0.4, -0.2) is 42.6 Å². The lowest BCUT2D eigenvalue weighted by Gasteiger charge is -2.06. The minimum Gasteiger partial charge on any atom is -0.482 e. The summed E-state index contributed by atoms with van der Waals surface area (Å²) in [5.41, 5.74) is 9.60. The molecule has 4 aromatic rings. The highest BCUT2D eigenvalue weighted by Gasteiger charge is 2.11. The van der Waals surface area contributed by atoms with Crippen LogP contribution in [0.5, 0.6) is 5.75 Å². The van der Waals surface area contributed by atoms with Crippen molar-refractivity contribution in [3.05, 3.63) is 71.9 Å². The number of carbonyl (C=O) groups is 1. The molecule has 0 saturated heterocycles. The lowest BCUT2D eigenvalue weighted by Crippen LogP contribution is -2.09. The number of nitriles is 1. The number of aliphatic carboxylic acids is 1. The quantitative estimate of drug-likeness (QED) is 0.452. The molecule has 2 aromatic carbocycles. The minimum absolute atomic E-state index is 0.0812. The Balaban J connectivity index is 1.56. The molecule has 0 aliphatic carbocycles. The molecule has 0 bridgehead atoms. The van der Waals surface area contributed by atoms with Crippen LogP contribution < -0.4 is 10.5 Å². The van der Waals surface area contributed by atoms with Gasteiger partial charge in [0.1, 0.15) is 11.4 Å². The van der Waals surface area contributed by atoms with Crippen molar-refractivity contribution >= 4 is 11.9 Å². The Morgan fingerprint density at radius 2 is 1.91 bits per heavy atom. The molecule has 4 rings (SSSR count). The topological polar surface area (TPSA) is 153 Å². The van der Waals surface area contributed by atoms with E-state index in [-0.39, 0.29) is 5.95 Å². The lowest BCUT2D eigenvalue weighted by atomic mass is 10.1. The van der Waals surface area contributed by atoms with Gasteiger partial charge < -0.3 is 15.6 Å². The predicted octanol–water partition coefficient (Wildman–Crippen LogP) is 2.37. The maximum absolute atomic E-state index is 10.7. The molecule has 0 unspecified atom stereocenters. The molecule has 32 heavy (non-hydrogen) atoms. The van der Waals surface area contributed by atoms with Crippen LogP contribution in [0.15, 0.2) is 60.8 Å². The van der Waals surface area contributed by atoms with Crippen LogP contribution in [0.4, 0.5) is 5.95 Å². The second-order valence-corrected chi connectivity index (χ2v) is 6.82. The van der Waals surface area contributed by atoms with Gasteiger partial charge in [-0.05, 0) is 35.9 Å². The predicted molar refractivity (Wildman–Crippen MR) is 114 cm³/mol. The van der Waals surface area contributed by atoms with Gasteiger partial charge in [-0.3, -0.25) is 0 Å². The van der Waals surface area contributed by atoms with Gasteiger partial charge in [0.25, 0.3) is 0 Å². The molecule has 0 saturated carbocycles. The van der Waals surface area contributed by atoms with Crippen molar-refractivity contribution in [3.8, 4) is 34.5 Å². The van der Waals surface area contributed by atoms with Gasteiger partial charge in [-0.2, -0.15) is 5.26 Å². The zero-order chi connectivity index (χ0) is 22.5. The van der Waals surface area contributed by atoms with Crippen LogP contribution in [0.1, 0.15) is 11.1 Å². The second-order valence-electron chi connectivity index (χ2n) is 6.82. The number of benzene rings is 2. The van der Waals surface area contributed by atoms with Crippen LogP contribution in [0.25, 0.3) is 22.6 Å². The summed E-state index contributed by atoms with van der Waals surface area (Å²) < 4.78 is 6.83. The number of carboxylic acids is 1. The summed E-state index contributed by atoms with van der Waals surface area (Å²) in [4.78, 5) is 19.2. The van der Waals surface area contributed by atoms with E-state index in [1.165, 1.54) is 0 Å². The first-order valence-corrected chi connectivity index (χ1v) is 9.49. The molecule has 0 radical (unpaired) electrons. The number of nitrogens with two attached hydrogens (primary N) is 1. The molecule has 10 nitrogen and oxygen atoms in total. The Kier molecular flexibility index (Phi) is 5.72. The van der Waals surface area contributed by atoms with Crippen molar-refractivity contribution < 1.29 is 14.6 Å². The largest absolute Gasteiger partial charge is 0.482 e. The third-order valence-corrected chi connectivity index (χ3v) is 4.44. The van der Waals surface area contributed by atoms with E-state index < -0.39 is 12.6 Å². The van der Waals surface area contributed by atoms with Gasteiger partial charge >= 0.3 is 5.97 Å². The molecule has 0 aliphatic heterocycles. The van der Waals surface area contributed by atoms with Gasteiger partial charge in [-0.1, -0.05) is 29.5 Å². The van der Waals surface area contributed by atoms with Crippen LogP contribution in [0.3, 0.4) is 0 Å². The van der Waals surface area contributed by atoms with E-state index in [9.17, 15) is 4.79 Å². The Bertz CT molecular complexity index is 1330. The van der Waals surface area contributed by atoms with E-state index in [4.69, 9.17) is 20.8 Å². The molecular formula is C22H17N7O3. The Morgan fingerprint density at radius 1 is 1.09 bits per heavy atom. The minimum atomic E-state index is -1.04. The van der Waals surface area contributed by atoms with Crippen molar-refractivity contribution in [2.45, 2.75) is 6.54 Å². The second kappa shape index (κ2) is 8.93. The Morgan fingerprint density at radius 3 is 2.72 bits per heavy atom. The standard InChI is InChI=1S/C22H17N7O3/c23-10-14-3-1-5-16(7-14)18-9-19(26-22(24)25-18)20-12-29(28-27-20)11-15-4-2-6-17(8-15)32-13-21(30)31/h1-9,12H,11,13H2,(H,30,31)(H2,24,25,26). The fourth-order valence-electron chi connectivity index (χ4n) is 3.05. The molecule has 0 aliphatic rings. The fourth-order valence-corrected chi connectivity index (χ4v) is 3.05.